The van der Waals surface area contributed by atoms with Crippen molar-refractivity contribution >= 4 is 21.5 Å². The molecule has 3 aromatic rings. The molecule has 3 rings (SSSR count). The van der Waals surface area contributed by atoms with Gasteiger partial charge >= 0.3 is 0 Å². The first-order valence-corrected chi connectivity index (χ1v) is 9.05. The first kappa shape index (κ1) is 17.6. The highest BCUT2D eigenvalue weighted by atomic mass is 32.2. The second-order valence-electron chi connectivity index (χ2n) is 5.44. The lowest BCUT2D eigenvalue weighted by atomic mass is 10.2. The van der Waals surface area contributed by atoms with Gasteiger partial charge in [-0.3, -0.25) is 10.1 Å². The van der Waals surface area contributed by atoms with Crippen molar-refractivity contribution in [1.82, 2.24) is 4.98 Å². The van der Waals surface area contributed by atoms with E-state index in [2.05, 4.69) is 4.98 Å². The number of nitrogens with zero attached hydrogens (tertiary/aromatic N) is 3. The van der Waals surface area contributed by atoms with Crippen LogP contribution in [0.25, 0.3) is 0 Å². The molecule has 0 aliphatic carbocycles. The molecule has 0 amide bonds. The van der Waals surface area contributed by atoms with Gasteiger partial charge in [-0.15, -0.1) is 0 Å². The highest BCUT2D eigenvalue weighted by Gasteiger charge is 2.30. The maximum atomic E-state index is 13.3. The summed E-state index contributed by atoms with van der Waals surface area (Å²) in [5, 5.41) is 11.2. The number of hydrogen-bond acceptors (Lipinski definition) is 6. The molecule has 0 radical (unpaired) electrons. The number of aromatic nitrogens is 1. The number of sulfonamides is 1. The van der Waals surface area contributed by atoms with Gasteiger partial charge in [0.15, 0.2) is 0 Å². The van der Waals surface area contributed by atoms with E-state index in [1.807, 2.05) is 0 Å². The van der Waals surface area contributed by atoms with Gasteiger partial charge in [-0.2, -0.15) is 0 Å². The highest BCUT2D eigenvalue weighted by Crippen LogP contribution is 2.30. The predicted molar refractivity (Wildman–Crippen MR) is 94.1 cm³/mol. The molecule has 0 fully saturated rings. The zero-order chi connectivity index (χ0) is 18.7. The largest absolute Gasteiger partial charge is 0.467 e. The van der Waals surface area contributed by atoms with Crippen LogP contribution in [0.2, 0.25) is 0 Å². The monoisotopic (exact) mass is 373 g/mol. The van der Waals surface area contributed by atoms with E-state index in [0.717, 1.165) is 4.31 Å². The lowest BCUT2D eigenvalue weighted by Gasteiger charge is -2.23. The van der Waals surface area contributed by atoms with E-state index in [0.29, 0.717) is 5.76 Å². The molecule has 0 atom stereocenters. The first-order valence-electron chi connectivity index (χ1n) is 7.61. The maximum absolute atomic E-state index is 13.3. The molecule has 8 nitrogen and oxygen atoms in total. The molecule has 26 heavy (non-hydrogen) atoms. The zero-order valence-corrected chi connectivity index (χ0v) is 14.6. The molecule has 2 aromatic heterocycles. The molecule has 0 spiro atoms. The summed E-state index contributed by atoms with van der Waals surface area (Å²) in [5.74, 6) is 0.608. The molecule has 0 bridgehead atoms. The Kier molecular flexibility index (Phi) is 4.72. The van der Waals surface area contributed by atoms with Crippen LogP contribution in [0.1, 0.15) is 11.3 Å². The Balaban J connectivity index is 2.14. The van der Waals surface area contributed by atoms with Gasteiger partial charge in [0.2, 0.25) is 0 Å². The Bertz CT molecular complexity index is 1020. The normalized spacial score (nSPS) is 11.3. The highest BCUT2D eigenvalue weighted by molar-refractivity contribution is 7.92. The van der Waals surface area contributed by atoms with Crippen molar-refractivity contribution in [3.63, 3.8) is 0 Å². The summed E-state index contributed by atoms with van der Waals surface area (Å²) in [7, 11) is -4.11. The minimum Gasteiger partial charge on any atom is -0.467 e. The Labute approximate surface area is 149 Å². The van der Waals surface area contributed by atoms with E-state index in [1.165, 1.54) is 37.6 Å². The molecule has 1 aromatic carbocycles. The molecule has 0 unspecified atom stereocenters. The second kappa shape index (κ2) is 6.96. The van der Waals surface area contributed by atoms with Crippen LogP contribution in [-0.4, -0.2) is 18.3 Å². The molecule has 0 saturated carbocycles. The average molecular weight is 373 g/mol. The molecule has 2 heterocycles. The van der Waals surface area contributed by atoms with Gasteiger partial charge in [-0.1, -0.05) is 12.1 Å². The van der Waals surface area contributed by atoms with Crippen LogP contribution in [0.3, 0.4) is 0 Å². The van der Waals surface area contributed by atoms with Gasteiger partial charge in [-0.05, 0) is 37.3 Å². The van der Waals surface area contributed by atoms with Crippen LogP contribution >= 0.6 is 0 Å². The fraction of sp³-hybridized carbons (Fsp3) is 0.118. The van der Waals surface area contributed by atoms with Crippen molar-refractivity contribution in [2.75, 3.05) is 4.31 Å². The number of nitro groups is 1. The Hall–Kier alpha value is -3.20. The minimum atomic E-state index is -4.11. The van der Waals surface area contributed by atoms with Crippen LogP contribution in [0.15, 0.2) is 70.3 Å². The van der Waals surface area contributed by atoms with Gasteiger partial charge in [0.25, 0.3) is 15.7 Å². The first-order chi connectivity index (χ1) is 12.4. The van der Waals surface area contributed by atoms with Crippen molar-refractivity contribution in [3.05, 3.63) is 82.4 Å². The van der Waals surface area contributed by atoms with Crippen LogP contribution in [-0.2, 0) is 16.6 Å². The lowest BCUT2D eigenvalue weighted by Crippen LogP contribution is -2.31. The van der Waals surface area contributed by atoms with Gasteiger partial charge in [0, 0.05) is 17.8 Å². The number of hydrogen-bond donors (Lipinski definition) is 0. The molecule has 134 valence electrons. The van der Waals surface area contributed by atoms with Gasteiger partial charge in [-0.25, -0.2) is 17.7 Å². The lowest BCUT2D eigenvalue weighted by molar-refractivity contribution is -0.385. The number of benzene rings is 1. The van der Waals surface area contributed by atoms with Gasteiger partial charge in [0.05, 0.1) is 22.6 Å². The molecule has 0 saturated heterocycles. The smallest absolute Gasteiger partial charge is 0.273 e. The number of pyridine rings is 1. The van der Waals surface area contributed by atoms with E-state index in [9.17, 15) is 18.5 Å². The molecular formula is C17H15N3O5S. The summed E-state index contributed by atoms with van der Waals surface area (Å²) in [4.78, 5) is 14.5. The van der Waals surface area contributed by atoms with Crippen molar-refractivity contribution in [2.45, 2.75) is 18.4 Å². The minimum absolute atomic E-state index is 0.0675. The summed E-state index contributed by atoms with van der Waals surface area (Å²) >= 11 is 0. The number of furan rings is 1. The average Bonchev–Trinajstić information content (AvgIpc) is 3.13. The van der Waals surface area contributed by atoms with Crippen molar-refractivity contribution in [3.8, 4) is 0 Å². The van der Waals surface area contributed by atoms with E-state index in [-0.39, 0.29) is 28.5 Å². The van der Waals surface area contributed by atoms with Crippen LogP contribution in [0, 0.1) is 17.0 Å². The standard InChI is InChI=1S/C17H15N3O5S/c1-13-15(20(21)22)7-4-8-16(13)26(23,24)19(12-14-6-5-11-25-14)17-9-2-3-10-18-17/h2-11H,12H2,1H3. The number of rotatable bonds is 6. The van der Waals surface area contributed by atoms with E-state index in [4.69, 9.17) is 4.42 Å². The van der Waals surface area contributed by atoms with E-state index in [1.54, 1.807) is 30.3 Å². The summed E-state index contributed by atoms with van der Waals surface area (Å²) in [5.41, 5.74) is -0.192. The van der Waals surface area contributed by atoms with Crippen LogP contribution in [0.4, 0.5) is 11.5 Å². The zero-order valence-electron chi connectivity index (χ0n) is 13.8. The summed E-state index contributed by atoms with van der Waals surface area (Å²) in [6.45, 7) is 1.32. The summed E-state index contributed by atoms with van der Waals surface area (Å²) < 4.78 is 32.9. The van der Waals surface area contributed by atoms with Crippen molar-refractivity contribution in [2.24, 2.45) is 0 Å². The molecular weight excluding hydrogens is 358 g/mol. The molecule has 0 N–H and O–H groups in total. The number of anilines is 1. The third-order valence-electron chi connectivity index (χ3n) is 3.80. The molecule has 9 heteroatoms. The summed E-state index contributed by atoms with van der Waals surface area (Å²) in [6, 6.07) is 12.1. The predicted octanol–water partition coefficient (Wildman–Crippen LogP) is 3.29. The van der Waals surface area contributed by atoms with Crippen molar-refractivity contribution < 1.29 is 17.8 Å². The quantitative estimate of drug-likeness (QED) is 0.485. The van der Waals surface area contributed by atoms with Gasteiger partial charge in [0.1, 0.15) is 11.6 Å². The maximum Gasteiger partial charge on any atom is 0.273 e. The third kappa shape index (κ3) is 3.29. The van der Waals surface area contributed by atoms with Crippen molar-refractivity contribution in [1.29, 1.82) is 0 Å². The molecule has 0 aliphatic rings. The van der Waals surface area contributed by atoms with Gasteiger partial charge < -0.3 is 4.42 Å². The SMILES string of the molecule is Cc1c([N+](=O)[O-])cccc1S(=O)(=O)N(Cc1ccco1)c1ccccn1. The van der Waals surface area contributed by atoms with Crippen LogP contribution in [0.5, 0.6) is 0 Å². The van der Waals surface area contributed by atoms with E-state index < -0.39 is 14.9 Å². The molecule has 0 aliphatic heterocycles. The third-order valence-corrected chi connectivity index (χ3v) is 5.70. The topological polar surface area (TPSA) is 107 Å². The number of nitro benzene ring substituents is 1. The Morgan fingerprint density at radius 2 is 1.96 bits per heavy atom. The second-order valence-corrected chi connectivity index (χ2v) is 7.27. The Morgan fingerprint density at radius 1 is 1.15 bits per heavy atom. The Morgan fingerprint density at radius 3 is 2.58 bits per heavy atom. The van der Waals surface area contributed by atoms with Crippen LogP contribution < -0.4 is 4.31 Å². The fourth-order valence-corrected chi connectivity index (χ4v) is 4.16. The summed E-state index contributed by atoms with van der Waals surface area (Å²) in [6.07, 6.45) is 2.91. The fourth-order valence-electron chi connectivity index (χ4n) is 2.53. The van der Waals surface area contributed by atoms with E-state index >= 15 is 0 Å².